The predicted octanol–water partition coefficient (Wildman–Crippen LogP) is 1.42. The Morgan fingerprint density at radius 2 is 1.91 bits per heavy atom. The maximum atomic E-state index is 12.5. The summed E-state index contributed by atoms with van der Waals surface area (Å²) in [5.74, 6) is -0.139. The van der Waals surface area contributed by atoms with E-state index >= 15 is 0 Å². The summed E-state index contributed by atoms with van der Waals surface area (Å²) in [5, 5.41) is 0. The number of carbonyl (C=O) groups is 1. The van der Waals surface area contributed by atoms with Gasteiger partial charge in [-0.2, -0.15) is 0 Å². The van der Waals surface area contributed by atoms with E-state index in [0.29, 0.717) is 13.1 Å². The Balaban J connectivity index is 3.32. The fourth-order valence-electron chi connectivity index (χ4n) is 1.86. The molecule has 0 aliphatic heterocycles. The molecule has 7 heteroatoms. The lowest BCUT2D eigenvalue weighted by Gasteiger charge is -2.20. The average molecular weight is 324 g/mol. The molecule has 0 aliphatic carbocycles. The molecule has 0 aromatic heterocycles. The van der Waals surface area contributed by atoms with E-state index in [9.17, 15) is 13.2 Å². The van der Waals surface area contributed by atoms with Gasteiger partial charge in [0, 0.05) is 18.7 Å². The zero-order valence-corrected chi connectivity index (χ0v) is 13.5. The molecule has 0 spiro atoms. The van der Waals surface area contributed by atoms with Gasteiger partial charge in [0.1, 0.15) is 10.6 Å². The number of nitrogens with zero attached hydrogens (tertiary/aromatic N) is 1. The van der Waals surface area contributed by atoms with Crippen LogP contribution in [0.1, 0.15) is 10.4 Å². The van der Waals surface area contributed by atoms with Gasteiger partial charge in [0.25, 0.3) is 5.91 Å². The summed E-state index contributed by atoms with van der Waals surface area (Å²) in [5.41, 5.74) is 0.248. The summed E-state index contributed by atoms with van der Waals surface area (Å²) in [7, 11) is -1.07. The molecule has 0 radical (unpaired) electrons. The van der Waals surface area contributed by atoms with Crippen molar-refractivity contribution in [2.75, 3.05) is 27.2 Å². The van der Waals surface area contributed by atoms with Gasteiger partial charge < -0.3 is 9.64 Å². The molecule has 0 saturated heterocycles. The molecular weight excluding hydrogens is 304 g/mol. The number of ether oxygens (including phenoxy) is 1. The first-order valence-electron chi connectivity index (χ1n) is 6.54. The fourth-order valence-corrected chi connectivity index (χ4v) is 2.78. The van der Waals surface area contributed by atoms with Crippen LogP contribution in [0.2, 0.25) is 0 Å². The number of methoxy groups -OCH3 is 1. The van der Waals surface area contributed by atoms with Gasteiger partial charge in [-0.15, -0.1) is 13.2 Å². The van der Waals surface area contributed by atoms with Crippen molar-refractivity contribution in [3.8, 4) is 5.75 Å². The van der Waals surface area contributed by atoms with Gasteiger partial charge in [-0.25, -0.2) is 13.1 Å². The maximum absolute atomic E-state index is 12.5. The topological polar surface area (TPSA) is 75.7 Å². The summed E-state index contributed by atoms with van der Waals surface area (Å²) >= 11 is 0. The van der Waals surface area contributed by atoms with Gasteiger partial charge >= 0.3 is 0 Å². The van der Waals surface area contributed by atoms with E-state index in [4.69, 9.17) is 4.74 Å². The first kappa shape index (κ1) is 17.9. The van der Waals surface area contributed by atoms with Crippen LogP contribution in [0.15, 0.2) is 48.4 Å². The Bertz CT molecular complexity index is 658. The van der Waals surface area contributed by atoms with E-state index in [1.165, 1.54) is 37.3 Å². The number of rotatable bonds is 8. The number of sulfonamides is 1. The number of benzene rings is 1. The Morgan fingerprint density at radius 1 is 1.32 bits per heavy atom. The molecule has 1 aromatic rings. The number of hydrogen-bond acceptors (Lipinski definition) is 4. The zero-order chi connectivity index (χ0) is 16.8. The van der Waals surface area contributed by atoms with Gasteiger partial charge in [-0.3, -0.25) is 4.79 Å². The molecule has 0 saturated carbocycles. The summed E-state index contributed by atoms with van der Waals surface area (Å²) in [6.45, 7) is 7.88. The Morgan fingerprint density at radius 3 is 2.36 bits per heavy atom. The second-order valence-corrected chi connectivity index (χ2v) is 6.22. The van der Waals surface area contributed by atoms with Crippen LogP contribution in [-0.2, 0) is 10.0 Å². The normalized spacial score (nSPS) is 10.8. The largest absolute Gasteiger partial charge is 0.495 e. The second kappa shape index (κ2) is 7.77. The van der Waals surface area contributed by atoms with E-state index < -0.39 is 10.0 Å². The van der Waals surface area contributed by atoms with Crippen molar-refractivity contribution in [1.82, 2.24) is 9.62 Å². The molecule has 6 nitrogen and oxygen atoms in total. The van der Waals surface area contributed by atoms with E-state index in [2.05, 4.69) is 17.9 Å². The number of carbonyl (C=O) groups excluding carboxylic acids is 1. The van der Waals surface area contributed by atoms with Crippen molar-refractivity contribution in [2.45, 2.75) is 4.90 Å². The smallest absolute Gasteiger partial charge is 0.254 e. The summed E-state index contributed by atoms with van der Waals surface area (Å²) in [6, 6.07) is 4.28. The lowest BCUT2D eigenvalue weighted by Crippen LogP contribution is -2.31. The van der Waals surface area contributed by atoms with Gasteiger partial charge in [0.05, 0.1) is 7.11 Å². The van der Waals surface area contributed by atoms with Crippen LogP contribution in [0.3, 0.4) is 0 Å². The lowest BCUT2D eigenvalue weighted by atomic mass is 10.2. The fraction of sp³-hybridized carbons (Fsp3) is 0.267. The van der Waals surface area contributed by atoms with Crippen molar-refractivity contribution in [3.63, 3.8) is 0 Å². The van der Waals surface area contributed by atoms with E-state index in [0.717, 1.165) is 0 Å². The van der Waals surface area contributed by atoms with Crippen molar-refractivity contribution < 1.29 is 17.9 Å². The van der Waals surface area contributed by atoms with Crippen LogP contribution in [0.5, 0.6) is 5.75 Å². The molecule has 0 atom stereocenters. The minimum absolute atomic E-state index is 0.0829. The SMILES string of the molecule is C=CCN(CC=C)C(=O)c1ccc(OC)c(S(=O)(=O)NC)c1. The molecule has 0 aliphatic rings. The van der Waals surface area contributed by atoms with Crippen molar-refractivity contribution in [3.05, 3.63) is 49.1 Å². The highest BCUT2D eigenvalue weighted by Gasteiger charge is 2.21. The monoisotopic (exact) mass is 324 g/mol. The Kier molecular flexibility index (Phi) is 6.33. The van der Waals surface area contributed by atoms with E-state index in [1.54, 1.807) is 12.2 Å². The standard InChI is InChI=1S/C15H20N2O4S/c1-5-9-17(10-6-2)15(18)12-7-8-13(21-4)14(11-12)22(19,20)16-3/h5-8,11,16H,1-2,9-10H2,3-4H3. The number of amides is 1. The molecule has 0 heterocycles. The van der Waals surface area contributed by atoms with Crippen molar-refractivity contribution in [1.29, 1.82) is 0 Å². The summed E-state index contributed by atoms with van der Waals surface area (Å²) < 4.78 is 31.3. The highest BCUT2D eigenvalue weighted by Crippen LogP contribution is 2.25. The first-order chi connectivity index (χ1) is 10.4. The third-order valence-electron chi connectivity index (χ3n) is 2.96. The molecule has 22 heavy (non-hydrogen) atoms. The van der Waals surface area contributed by atoms with Crippen LogP contribution >= 0.6 is 0 Å². The molecule has 0 unspecified atom stereocenters. The predicted molar refractivity (Wildman–Crippen MR) is 85.5 cm³/mol. The molecule has 0 fully saturated rings. The minimum Gasteiger partial charge on any atom is -0.495 e. The minimum atomic E-state index is -3.73. The van der Waals surface area contributed by atoms with Crippen LogP contribution in [-0.4, -0.2) is 46.5 Å². The van der Waals surface area contributed by atoms with Crippen LogP contribution in [0.25, 0.3) is 0 Å². The second-order valence-electron chi connectivity index (χ2n) is 4.36. The van der Waals surface area contributed by atoms with Gasteiger partial charge in [-0.1, -0.05) is 12.2 Å². The van der Waals surface area contributed by atoms with E-state index in [-0.39, 0.29) is 22.1 Å². The number of nitrogens with one attached hydrogen (secondary N) is 1. The van der Waals surface area contributed by atoms with Crippen molar-refractivity contribution >= 4 is 15.9 Å². The van der Waals surface area contributed by atoms with E-state index in [1.807, 2.05) is 0 Å². The molecule has 1 amide bonds. The van der Waals surface area contributed by atoms with Gasteiger partial charge in [-0.05, 0) is 25.2 Å². The van der Waals surface area contributed by atoms with Gasteiger partial charge in [0.2, 0.25) is 10.0 Å². The molecule has 1 rings (SSSR count). The molecule has 0 bridgehead atoms. The average Bonchev–Trinajstić information content (AvgIpc) is 2.53. The highest BCUT2D eigenvalue weighted by atomic mass is 32.2. The highest BCUT2D eigenvalue weighted by molar-refractivity contribution is 7.89. The quantitative estimate of drug-likeness (QED) is 0.734. The summed E-state index contributed by atoms with van der Waals surface area (Å²) in [6.07, 6.45) is 3.19. The van der Waals surface area contributed by atoms with Crippen LogP contribution in [0, 0.1) is 0 Å². The maximum Gasteiger partial charge on any atom is 0.254 e. The Hall–Kier alpha value is -2.12. The number of hydrogen-bond donors (Lipinski definition) is 1. The third kappa shape index (κ3) is 3.96. The molecule has 1 N–H and O–H groups in total. The lowest BCUT2D eigenvalue weighted by molar-refractivity contribution is 0.0790. The van der Waals surface area contributed by atoms with Crippen LogP contribution in [0.4, 0.5) is 0 Å². The molecule has 1 aromatic carbocycles. The van der Waals surface area contributed by atoms with Crippen molar-refractivity contribution in [2.24, 2.45) is 0 Å². The van der Waals surface area contributed by atoms with Crippen LogP contribution < -0.4 is 9.46 Å². The molecular formula is C15H20N2O4S. The first-order valence-corrected chi connectivity index (χ1v) is 8.02. The van der Waals surface area contributed by atoms with Gasteiger partial charge in [0.15, 0.2) is 0 Å². The third-order valence-corrected chi connectivity index (χ3v) is 4.39. The molecule has 120 valence electrons. The summed E-state index contributed by atoms with van der Waals surface area (Å²) in [4.78, 5) is 13.9. The zero-order valence-electron chi connectivity index (χ0n) is 12.7. The Labute approximate surface area is 131 Å².